The Bertz CT molecular complexity index is 1720. The maximum Gasteiger partial charge on any atom is 0.282 e. The average molecular weight is 564 g/mol. The minimum atomic E-state index is -0.365. The van der Waals surface area contributed by atoms with Gasteiger partial charge in [0.25, 0.3) is 5.56 Å². The number of nitrogens with zero attached hydrogens (tertiary/aromatic N) is 4. The highest BCUT2D eigenvalue weighted by molar-refractivity contribution is 9.10. The Balaban J connectivity index is 1.69. The number of methoxy groups -OCH3 is 1. The average Bonchev–Trinajstić information content (AvgIpc) is 3.34. The molecule has 0 spiro atoms. The highest BCUT2D eigenvalue weighted by Gasteiger charge is 2.19. The fourth-order valence-electron chi connectivity index (χ4n) is 3.69. The van der Waals surface area contributed by atoms with E-state index in [9.17, 15) is 4.79 Å². The van der Waals surface area contributed by atoms with Crippen molar-refractivity contribution in [2.75, 3.05) is 13.7 Å². The molecular weight excluding hydrogens is 548 g/mol. The second-order valence-electron chi connectivity index (χ2n) is 7.53. The lowest BCUT2D eigenvalue weighted by Gasteiger charge is -2.13. The third kappa shape index (κ3) is 4.21. The zero-order valence-electron chi connectivity index (χ0n) is 18.7. The monoisotopic (exact) mass is 562 g/mol. The fraction of sp³-hybridized carbons (Fsp3) is 0.0769. The molecule has 0 aliphatic rings. The molecule has 3 aromatic carbocycles. The van der Waals surface area contributed by atoms with Gasteiger partial charge in [-0.1, -0.05) is 41.9 Å². The summed E-state index contributed by atoms with van der Waals surface area (Å²) >= 11 is 9.90. The first-order chi connectivity index (χ1) is 17.5. The molecular formula is C26H16BrClN4O4. The summed E-state index contributed by atoms with van der Waals surface area (Å²) in [5.74, 6) is 1.17. The van der Waals surface area contributed by atoms with Crippen molar-refractivity contribution in [2.45, 2.75) is 0 Å². The quantitative estimate of drug-likeness (QED) is 0.234. The van der Waals surface area contributed by atoms with E-state index in [0.29, 0.717) is 38.0 Å². The van der Waals surface area contributed by atoms with Crippen LogP contribution in [0.3, 0.4) is 0 Å². The van der Waals surface area contributed by atoms with E-state index in [1.807, 2.05) is 42.5 Å². The minimum absolute atomic E-state index is 0.199. The summed E-state index contributed by atoms with van der Waals surface area (Å²) in [6.07, 6.45) is 1.45. The molecule has 0 atom stereocenters. The first-order valence-electron chi connectivity index (χ1n) is 10.6. The summed E-state index contributed by atoms with van der Waals surface area (Å²) in [5, 5.41) is 14.8. The molecule has 0 aliphatic carbocycles. The lowest BCUT2D eigenvalue weighted by molar-refractivity contribution is 0.329. The van der Waals surface area contributed by atoms with Gasteiger partial charge in [-0.15, -0.1) is 0 Å². The Morgan fingerprint density at radius 2 is 2.00 bits per heavy atom. The molecule has 0 radical (unpaired) electrons. The standard InChI is InChI=1S/C26H16BrClN4O4/c1-34-20-13-16(22(27)23(28)24(20)35-11-10-29)14-30-32-25(21-12-15-6-2-5-9-19(15)36-21)31-18-8-4-3-7-17(18)26(32)33/h2-9,12-14H,11H2,1H3. The van der Waals surface area contributed by atoms with E-state index in [-0.39, 0.29) is 28.8 Å². The van der Waals surface area contributed by atoms with Gasteiger partial charge in [0.15, 0.2) is 23.9 Å². The van der Waals surface area contributed by atoms with Gasteiger partial charge >= 0.3 is 0 Å². The van der Waals surface area contributed by atoms with Crippen molar-refractivity contribution in [1.29, 1.82) is 5.26 Å². The van der Waals surface area contributed by atoms with Crippen molar-refractivity contribution in [3.63, 3.8) is 0 Å². The van der Waals surface area contributed by atoms with Crippen LogP contribution >= 0.6 is 27.5 Å². The SMILES string of the molecule is COc1cc(C=Nn2c(-c3cc4ccccc4o3)nc3ccccc3c2=O)c(Br)c(Cl)c1OCC#N. The molecule has 0 N–H and O–H groups in total. The van der Waals surface area contributed by atoms with E-state index in [2.05, 4.69) is 26.0 Å². The maximum atomic E-state index is 13.5. The van der Waals surface area contributed by atoms with Crippen LogP contribution < -0.4 is 15.0 Å². The summed E-state index contributed by atoms with van der Waals surface area (Å²) in [7, 11) is 1.46. The van der Waals surface area contributed by atoms with Crippen LogP contribution in [0, 0.1) is 11.3 Å². The molecule has 2 aromatic heterocycles. The van der Waals surface area contributed by atoms with Gasteiger partial charge in [0.2, 0.25) is 5.82 Å². The van der Waals surface area contributed by atoms with Crippen molar-refractivity contribution in [2.24, 2.45) is 5.10 Å². The van der Waals surface area contributed by atoms with Crippen molar-refractivity contribution in [3.8, 4) is 29.2 Å². The number of ether oxygens (including phenoxy) is 2. The lowest BCUT2D eigenvalue weighted by atomic mass is 10.2. The van der Waals surface area contributed by atoms with Crippen molar-refractivity contribution in [1.82, 2.24) is 9.66 Å². The van der Waals surface area contributed by atoms with Gasteiger partial charge in [-0.2, -0.15) is 15.0 Å². The number of fused-ring (bicyclic) bond motifs is 2. The summed E-state index contributed by atoms with van der Waals surface area (Å²) in [6, 6.07) is 19.9. The summed E-state index contributed by atoms with van der Waals surface area (Å²) in [6.45, 7) is -0.199. The van der Waals surface area contributed by atoms with Gasteiger partial charge in [-0.25, -0.2) is 4.98 Å². The molecule has 5 rings (SSSR count). The summed E-state index contributed by atoms with van der Waals surface area (Å²) < 4.78 is 18.4. The van der Waals surface area contributed by atoms with Crippen LogP contribution in [0.2, 0.25) is 5.02 Å². The first kappa shape index (κ1) is 23.6. The summed E-state index contributed by atoms with van der Waals surface area (Å²) in [4.78, 5) is 18.1. The van der Waals surface area contributed by atoms with Gasteiger partial charge in [0, 0.05) is 15.4 Å². The van der Waals surface area contributed by atoms with Gasteiger partial charge in [0.05, 0.1) is 24.2 Å². The Hall–Kier alpha value is -4.13. The number of halogens is 2. The number of benzene rings is 3. The number of para-hydroxylation sites is 2. The van der Waals surface area contributed by atoms with E-state index in [1.54, 1.807) is 24.3 Å². The molecule has 36 heavy (non-hydrogen) atoms. The number of furan rings is 1. The third-order valence-electron chi connectivity index (χ3n) is 5.37. The first-order valence-corrected chi connectivity index (χ1v) is 11.8. The van der Waals surface area contributed by atoms with E-state index in [4.69, 9.17) is 30.8 Å². The predicted molar refractivity (Wildman–Crippen MR) is 141 cm³/mol. The normalized spacial score (nSPS) is 11.3. The van der Waals surface area contributed by atoms with Crippen LogP contribution in [0.4, 0.5) is 0 Å². The second kappa shape index (κ2) is 9.85. The molecule has 0 bridgehead atoms. The van der Waals surface area contributed by atoms with Crippen LogP contribution in [0.15, 0.2) is 79.4 Å². The number of aromatic nitrogens is 2. The van der Waals surface area contributed by atoms with Crippen LogP contribution in [-0.2, 0) is 0 Å². The highest BCUT2D eigenvalue weighted by atomic mass is 79.9. The van der Waals surface area contributed by atoms with Gasteiger partial charge in [-0.3, -0.25) is 4.79 Å². The predicted octanol–water partition coefficient (Wildman–Crippen LogP) is 6.02. The molecule has 178 valence electrons. The molecule has 0 fully saturated rings. The molecule has 10 heteroatoms. The maximum absolute atomic E-state index is 13.5. The summed E-state index contributed by atoms with van der Waals surface area (Å²) in [5.41, 5.74) is 1.33. The molecule has 0 saturated carbocycles. The number of rotatable bonds is 6. The highest BCUT2D eigenvalue weighted by Crippen LogP contribution is 2.42. The van der Waals surface area contributed by atoms with Crippen LogP contribution in [0.25, 0.3) is 33.5 Å². The smallest absolute Gasteiger partial charge is 0.282 e. The third-order valence-corrected chi connectivity index (χ3v) is 6.81. The van der Waals surface area contributed by atoms with Crippen molar-refractivity contribution in [3.05, 3.63) is 86.1 Å². The molecule has 0 saturated heterocycles. The van der Waals surface area contributed by atoms with E-state index < -0.39 is 0 Å². The molecule has 0 amide bonds. The van der Waals surface area contributed by atoms with Gasteiger partial charge < -0.3 is 13.9 Å². The Kier molecular flexibility index (Phi) is 6.46. The Morgan fingerprint density at radius 1 is 1.22 bits per heavy atom. The molecule has 0 aliphatic heterocycles. The van der Waals surface area contributed by atoms with E-state index in [1.165, 1.54) is 18.0 Å². The largest absolute Gasteiger partial charge is 0.493 e. The van der Waals surface area contributed by atoms with E-state index >= 15 is 0 Å². The molecule has 0 unspecified atom stereocenters. The molecule has 8 nitrogen and oxygen atoms in total. The second-order valence-corrected chi connectivity index (χ2v) is 8.71. The van der Waals surface area contributed by atoms with Crippen molar-refractivity contribution < 1.29 is 13.9 Å². The fourth-order valence-corrected chi connectivity index (χ4v) is 4.35. The van der Waals surface area contributed by atoms with Gasteiger partial charge in [-0.05, 0) is 46.3 Å². The van der Waals surface area contributed by atoms with Crippen LogP contribution in [0.5, 0.6) is 11.5 Å². The number of hydrogen-bond donors (Lipinski definition) is 0. The topological polar surface area (TPSA) is 103 Å². The van der Waals surface area contributed by atoms with Crippen LogP contribution in [-0.4, -0.2) is 29.6 Å². The number of hydrogen-bond acceptors (Lipinski definition) is 7. The van der Waals surface area contributed by atoms with E-state index in [0.717, 1.165) is 5.39 Å². The Morgan fingerprint density at radius 3 is 2.78 bits per heavy atom. The minimum Gasteiger partial charge on any atom is -0.493 e. The lowest BCUT2D eigenvalue weighted by Crippen LogP contribution is -2.20. The Labute approximate surface area is 218 Å². The van der Waals surface area contributed by atoms with Crippen LogP contribution in [0.1, 0.15) is 5.56 Å². The zero-order chi connectivity index (χ0) is 25.2. The van der Waals surface area contributed by atoms with Gasteiger partial charge in [0.1, 0.15) is 16.7 Å². The number of nitriles is 1. The zero-order valence-corrected chi connectivity index (χ0v) is 21.1. The molecule has 2 heterocycles. The van der Waals surface area contributed by atoms with Crippen molar-refractivity contribution >= 4 is 55.6 Å². The molecule has 5 aromatic rings.